The summed E-state index contributed by atoms with van der Waals surface area (Å²) >= 11 is 0. The van der Waals surface area contributed by atoms with Crippen molar-refractivity contribution in [2.45, 2.75) is 31.8 Å². The number of likely N-dealkylation sites (tertiary alicyclic amines) is 1. The van der Waals surface area contributed by atoms with Crippen molar-refractivity contribution < 1.29 is 19.1 Å². The predicted octanol–water partition coefficient (Wildman–Crippen LogP) is 0.773. The van der Waals surface area contributed by atoms with Gasteiger partial charge in [0.1, 0.15) is 6.26 Å². The lowest BCUT2D eigenvalue weighted by molar-refractivity contribution is -0.137. The molecule has 1 fully saturated rings. The Hall–Kier alpha value is -1.82. The fourth-order valence-electron chi connectivity index (χ4n) is 2.37. The maximum absolute atomic E-state index is 12.0. The number of nitrogens with one attached hydrogen (secondary N) is 1. The van der Waals surface area contributed by atoms with Crippen LogP contribution in [0.2, 0.25) is 0 Å². The molecular weight excluding hydrogens is 260 g/mol. The van der Waals surface area contributed by atoms with Crippen LogP contribution >= 0.6 is 0 Å². The molecule has 6 heteroatoms. The minimum atomic E-state index is -0.798. The molecule has 1 saturated heterocycles. The SMILES string of the molecule is CC1(O)CCCN(C(=O)CCNC(=O)c2ccoc2)C1. The average Bonchev–Trinajstić information content (AvgIpc) is 2.91. The van der Waals surface area contributed by atoms with E-state index in [1.165, 1.54) is 12.5 Å². The molecule has 0 bridgehead atoms. The molecule has 110 valence electrons. The molecule has 1 atom stereocenters. The summed E-state index contributed by atoms with van der Waals surface area (Å²) in [5.74, 6) is -0.297. The van der Waals surface area contributed by atoms with E-state index in [2.05, 4.69) is 5.32 Å². The molecule has 1 aromatic rings. The van der Waals surface area contributed by atoms with E-state index < -0.39 is 5.60 Å². The summed E-state index contributed by atoms with van der Waals surface area (Å²) in [5, 5.41) is 12.6. The van der Waals surface area contributed by atoms with Crippen LogP contribution in [0.3, 0.4) is 0 Å². The molecule has 0 saturated carbocycles. The number of piperidine rings is 1. The minimum Gasteiger partial charge on any atom is -0.472 e. The molecule has 0 aromatic carbocycles. The average molecular weight is 280 g/mol. The van der Waals surface area contributed by atoms with Crippen LogP contribution in [0, 0.1) is 0 Å². The Bertz CT molecular complexity index is 468. The van der Waals surface area contributed by atoms with E-state index in [0.717, 1.165) is 6.42 Å². The standard InChI is InChI=1S/C14H20N2O4/c1-14(19)5-2-7-16(10-14)12(17)3-6-15-13(18)11-4-8-20-9-11/h4,8-9,19H,2-3,5-7,10H2,1H3,(H,15,18). The van der Waals surface area contributed by atoms with Crippen molar-refractivity contribution in [2.24, 2.45) is 0 Å². The Labute approximate surface area is 117 Å². The Morgan fingerprint density at radius 1 is 1.55 bits per heavy atom. The van der Waals surface area contributed by atoms with Crippen LogP contribution in [-0.2, 0) is 4.79 Å². The lowest BCUT2D eigenvalue weighted by Crippen LogP contribution is -2.49. The summed E-state index contributed by atoms with van der Waals surface area (Å²) in [5.41, 5.74) is -0.355. The van der Waals surface area contributed by atoms with Crippen LogP contribution in [-0.4, -0.2) is 47.1 Å². The molecule has 20 heavy (non-hydrogen) atoms. The molecule has 2 amide bonds. The van der Waals surface area contributed by atoms with E-state index in [1.54, 1.807) is 17.9 Å². The number of carbonyl (C=O) groups is 2. The highest BCUT2D eigenvalue weighted by Crippen LogP contribution is 2.20. The molecule has 2 N–H and O–H groups in total. The normalized spacial score (nSPS) is 22.6. The Balaban J connectivity index is 1.74. The van der Waals surface area contributed by atoms with Crippen molar-refractivity contribution in [1.29, 1.82) is 0 Å². The van der Waals surface area contributed by atoms with Gasteiger partial charge < -0.3 is 19.7 Å². The van der Waals surface area contributed by atoms with Crippen LogP contribution in [0.5, 0.6) is 0 Å². The van der Waals surface area contributed by atoms with Gasteiger partial charge in [0.25, 0.3) is 5.91 Å². The molecule has 0 radical (unpaired) electrons. The van der Waals surface area contributed by atoms with Gasteiger partial charge in [-0.15, -0.1) is 0 Å². The number of β-amino-alcohol motifs (C(OH)–C–C–N with tert-alkyl or cyclic N) is 1. The highest BCUT2D eigenvalue weighted by Gasteiger charge is 2.30. The van der Waals surface area contributed by atoms with Gasteiger partial charge in [-0.25, -0.2) is 0 Å². The first kappa shape index (κ1) is 14.6. The topological polar surface area (TPSA) is 82.8 Å². The van der Waals surface area contributed by atoms with Crippen molar-refractivity contribution in [3.05, 3.63) is 24.2 Å². The third-order valence-corrected chi connectivity index (χ3v) is 3.44. The zero-order chi connectivity index (χ0) is 14.6. The smallest absolute Gasteiger partial charge is 0.254 e. The van der Waals surface area contributed by atoms with Crippen LogP contribution in [0.1, 0.15) is 36.5 Å². The van der Waals surface area contributed by atoms with Gasteiger partial charge in [0.15, 0.2) is 0 Å². The van der Waals surface area contributed by atoms with Crippen LogP contribution in [0.25, 0.3) is 0 Å². The van der Waals surface area contributed by atoms with E-state index in [0.29, 0.717) is 25.1 Å². The van der Waals surface area contributed by atoms with Crippen molar-refractivity contribution in [1.82, 2.24) is 10.2 Å². The van der Waals surface area contributed by atoms with E-state index in [4.69, 9.17) is 4.42 Å². The fraction of sp³-hybridized carbons (Fsp3) is 0.571. The number of carbonyl (C=O) groups excluding carboxylic acids is 2. The molecule has 0 spiro atoms. The zero-order valence-electron chi connectivity index (χ0n) is 11.6. The monoisotopic (exact) mass is 280 g/mol. The number of hydrogen-bond acceptors (Lipinski definition) is 4. The molecule has 6 nitrogen and oxygen atoms in total. The number of nitrogens with zero attached hydrogens (tertiary/aromatic N) is 1. The second-order valence-corrected chi connectivity index (χ2v) is 5.43. The molecule has 0 aliphatic carbocycles. The van der Waals surface area contributed by atoms with Crippen molar-refractivity contribution in [3.63, 3.8) is 0 Å². The highest BCUT2D eigenvalue weighted by atomic mass is 16.3. The van der Waals surface area contributed by atoms with E-state index in [1.807, 2.05) is 0 Å². The largest absolute Gasteiger partial charge is 0.472 e. The van der Waals surface area contributed by atoms with Crippen LogP contribution in [0.15, 0.2) is 23.0 Å². The Morgan fingerprint density at radius 2 is 2.35 bits per heavy atom. The lowest BCUT2D eigenvalue weighted by atomic mass is 9.95. The van der Waals surface area contributed by atoms with E-state index >= 15 is 0 Å². The van der Waals surface area contributed by atoms with Gasteiger partial charge in [0, 0.05) is 26.1 Å². The van der Waals surface area contributed by atoms with E-state index in [-0.39, 0.29) is 24.8 Å². The summed E-state index contributed by atoms with van der Waals surface area (Å²) < 4.78 is 4.82. The molecule has 1 aliphatic rings. The molecule has 1 aromatic heterocycles. The molecular formula is C14H20N2O4. The van der Waals surface area contributed by atoms with Crippen LogP contribution < -0.4 is 5.32 Å². The summed E-state index contributed by atoms with van der Waals surface area (Å²) in [4.78, 5) is 25.3. The maximum Gasteiger partial charge on any atom is 0.254 e. The predicted molar refractivity (Wildman–Crippen MR) is 72.1 cm³/mol. The maximum atomic E-state index is 12.0. The molecule has 1 aliphatic heterocycles. The van der Waals surface area contributed by atoms with Gasteiger partial charge >= 0.3 is 0 Å². The summed E-state index contributed by atoms with van der Waals surface area (Å²) in [6, 6.07) is 1.57. The highest BCUT2D eigenvalue weighted by molar-refractivity contribution is 5.94. The first-order valence-electron chi connectivity index (χ1n) is 6.78. The second-order valence-electron chi connectivity index (χ2n) is 5.43. The van der Waals surface area contributed by atoms with Crippen molar-refractivity contribution in [3.8, 4) is 0 Å². The Kier molecular flexibility index (Phi) is 4.44. The van der Waals surface area contributed by atoms with Crippen molar-refractivity contribution in [2.75, 3.05) is 19.6 Å². The van der Waals surface area contributed by atoms with Gasteiger partial charge in [-0.1, -0.05) is 0 Å². The lowest BCUT2D eigenvalue weighted by Gasteiger charge is -2.36. The molecule has 2 heterocycles. The van der Waals surface area contributed by atoms with Crippen LogP contribution in [0.4, 0.5) is 0 Å². The molecule has 1 unspecified atom stereocenters. The first-order chi connectivity index (χ1) is 9.48. The summed E-state index contributed by atoms with van der Waals surface area (Å²) in [6.07, 6.45) is 4.54. The minimum absolute atomic E-state index is 0.0440. The fourth-order valence-corrected chi connectivity index (χ4v) is 2.37. The van der Waals surface area contributed by atoms with E-state index in [9.17, 15) is 14.7 Å². The summed E-state index contributed by atoms with van der Waals surface area (Å²) in [6.45, 7) is 3.06. The quantitative estimate of drug-likeness (QED) is 0.853. The third-order valence-electron chi connectivity index (χ3n) is 3.44. The number of furan rings is 1. The number of rotatable bonds is 4. The molecule has 2 rings (SSSR count). The van der Waals surface area contributed by atoms with Gasteiger partial charge in [0.05, 0.1) is 17.4 Å². The van der Waals surface area contributed by atoms with Gasteiger partial charge in [-0.3, -0.25) is 9.59 Å². The van der Waals surface area contributed by atoms with Gasteiger partial charge in [0.2, 0.25) is 5.91 Å². The van der Waals surface area contributed by atoms with Gasteiger partial charge in [-0.05, 0) is 25.8 Å². The van der Waals surface area contributed by atoms with Crippen molar-refractivity contribution >= 4 is 11.8 Å². The number of aliphatic hydroxyl groups is 1. The Morgan fingerprint density at radius 3 is 3.00 bits per heavy atom. The number of hydrogen-bond donors (Lipinski definition) is 2. The zero-order valence-corrected chi connectivity index (χ0v) is 11.6. The third kappa shape index (κ3) is 3.84. The first-order valence-corrected chi connectivity index (χ1v) is 6.78. The van der Waals surface area contributed by atoms with Gasteiger partial charge in [-0.2, -0.15) is 0 Å². The second kappa shape index (κ2) is 6.09. The number of amides is 2. The summed E-state index contributed by atoms with van der Waals surface area (Å²) in [7, 11) is 0.